The van der Waals surface area contributed by atoms with Gasteiger partial charge in [-0.05, 0) is 18.6 Å². The van der Waals surface area contributed by atoms with Crippen LogP contribution in [0.1, 0.15) is 29.2 Å². The van der Waals surface area contributed by atoms with E-state index < -0.39 is 12.0 Å². The highest BCUT2D eigenvalue weighted by Crippen LogP contribution is 2.11. The van der Waals surface area contributed by atoms with Gasteiger partial charge in [0.05, 0.1) is 0 Å². The van der Waals surface area contributed by atoms with Gasteiger partial charge in [-0.2, -0.15) is 0 Å². The molecule has 1 aliphatic heterocycles. The van der Waals surface area contributed by atoms with Crippen LogP contribution in [0.15, 0.2) is 16.5 Å². The zero-order valence-electron chi connectivity index (χ0n) is 8.97. The number of furan rings is 1. The molecule has 90 valence electrons. The van der Waals surface area contributed by atoms with Crippen molar-refractivity contribution >= 4 is 18.2 Å². The number of ether oxygens (including phenoxy) is 1. The molecule has 6 heteroatoms. The fraction of sp³-hybridized carbons (Fsp3) is 0.364. The zero-order chi connectivity index (χ0) is 12.3. The zero-order valence-corrected chi connectivity index (χ0v) is 8.97. The maximum atomic E-state index is 11.5. The van der Waals surface area contributed by atoms with Crippen molar-refractivity contribution in [2.45, 2.75) is 25.5 Å². The lowest BCUT2D eigenvalue weighted by Crippen LogP contribution is -2.34. The quantitative estimate of drug-likeness (QED) is 0.605. The van der Waals surface area contributed by atoms with Crippen molar-refractivity contribution in [3.05, 3.63) is 23.7 Å². The van der Waals surface area contributed by atoms with Crippen LogP contribution in [0, 0.1) is 0 Å². The van der Waals surface area contributed by atoms with Crippen LogP contribution in [0.4, 0.5) is 0 Å². The highest BCUT2D eigenvalue weighted by Gasteiger charge is 2.28. The monoisotopic (exact) mass is 237 g/mol. The predicted molar refractivity (Wildman–Crippen MR) is 55.1 cm³/mol. The van der Waals surface area contributed by atoms with E-state index in [4.69, 9.17) is 9.15 Å². The van der Waals surface area contributed by atoms with Crippen LogP contribution in [0.5, 0.6) is 0 Å². The Labute approximate surface area is 96.9 Å². The molecule has 17 heavy (non-hydrogen) atoms. The van der Waals surface area contributed by atoms with Gasteiger partial charge < -0.3 is 14.5 Å². The summed E-state index contributed by atoms with van der Waals surface area (Å²) < 4.78 is 9.99. The van der Waals surface area contributed by atoms with Gasteiger partial charge in [0.2, 0.25) is 5.91 Å². The van der Waals surface area contributed by atoms with Crippen molar-refractivity contribution in [2.24, 2.45) is 0 Å². The Hall–Kier alpha value is -2.11. The van der Waals surface area contributed by atoms with Gasteiger partial charge in [0, 0.05) is 6.42 Å². The normalized spacial score (nSPS) is 18.8. The van der Waals surface area contributed by atoms with E-state index in [1.54, 1.807) is 6.07 Å². The standard InChI is InChI=1S/C11H11NO5/c13-5-7-1-2-8(17-7)6-16-11(15)9-3-4-10(14)12-9/h1-2,5,9H,3-4,6H2,(H,12,14). The summed E-state index contributed by atoms with van der Waals surface area (Å²) in [6.07, 6.45) is 1.37. The minimum atomic E-state index is -0.567. The van der Waals surface area contributed by atoms with Crippen LogP contribution >= 0.6 is 0 Å². The Morgan fingerprint density at radius 2 is 2.41 bits per heavy atom. The van der Waals surface area contributed by atoms with Gasteiger partial charge in [0.1, 0.15) is 18.4 Å². The van der Waals surface area contributed by atoms with Crippen LogP contribution in [0.25, 0.3) is 0 Å². The third kappa shape index (κ3) is 2.72. The summed E-state index contributed by atoms with van der Waals surface area (Å²) in [5, 5.41) is 2.51. The third-order valence-electron chi connectivity index (χ3n) is 2.44. The lowest BCUT2D eigenvalue weighted by molar-refractivity contribution is -0.148. The van der Waals surface area contributed by atoms with E-state index in [-0.39, 0.29) is 18.3 Å². The molecule has 6 nitrogen and oxygen atoms in total. The summed E-state index contributed by atoms with van der Waals surface area (Å²) in [7, 11) is 0. The molecule has 0 bridgehead atoms. The van der Waals surface area contributed by atoms with Crippen molar-refractivity contribution in [1.82, 2.24) is 5.32 Å². The minimum absolute atomic E-state index is 0.0426. The Kier molecular flexibility index (Phi) is 3.22. The summed E-state index contributed by atoms with van der Waals surface area (Å²) in [5.41, 5.74) is 0. The Morgan fingerprint density at radius 3 is 3.00 bits per heavy atom. The van der Waals surface area contributed by atoms with E-state index >= 15 is 0 Å². The van der Waals surface area contributed by atoms with Gasteiger partial charge in [-0.25, -0.2) is 4.79 Å². The molecule has 0 radical (unpaired) electrons. The second-order valence-corrected chi connectivity index (χ2v) is 3.69. The molecular formula is C11H11NO5. The van der Waals surface area contributed by atoms with E-state index in [0.717, 1.165) is 0 Å². The van der Waals surface area contributed by atoms with Crippen LogP contribution in [0.2, 0.25) is 0 Å². The molecule has 2 rings (SSSR count). The van der Waals surface area contributed by atoms with E-state index in [1.165, 1.54) is 6.07 Å². The molecule has 1 fully saturated rings. The molecule has 0 aromatic carbocycles. The Balaban J connectivity index is 1.83. The smallest absolute Gasteiger partial charge is 0.329 e. The van der Waals surface area contributed by atoms with Gasteiger partial charge in [-0.15, -0.1) is 0 Å². The van der Waals surface area contributed by atoms with E-state index in [1.807, 2.05) is 0 Å². The minimum Gasteiger partial charge on any atom is -0.456 e. The van der Waals surface area contributed by atoms with E-state index in [0.29, 0.717) is 24.9 Å². The number of amides is 1. The van der Waals surface area contributed by atoms with Crippen molar-refractivity contribution in [3.63, 3.8) is 0 Å². The first-order valence-corrected chi connectivity index (χ1v) is 5.19. The largest absolute Gasteiger partial charge is 0.456 e. The number of aldehydes is 1. The molecule has 1 N–H and O–H groups in total. The number of nitrogens with one attached hydrogen (secondary N) is 1. The fourth-order valence-electron chi connectivity index (χ4n) is 1.57. The lowest BCUT2D eigenvalue weighted by atomic mass is 10.2. The molecule has 0 saturated carbocycles. The predicted octanol–water partition coefficient (Wildman–Crippen LogP) is 0.414. The summed E-state index contributed by atoms with van der Waals surface area (Å²) in [4.78, 5) is 32.7. The first-order valence-electron chi connectivity index (χ1n) is 5.19. The van der Waals surface area contributed by atoms with Crippen LogP contribution in [-0.4, -0.2) is 24.2 Å². The molecular weight excluding hydrogens is 226 g/mol. The number of esters is 1. The van der Waals surface area contributed by atoms with Gasteiger partial charge in [0.15, 0.2) is 12.0 Å². The molecule has 1 aliphatic rings. The number of carbonyl (C=O) groups excluding carboxylic acids is 3. The molecule has 1 aromatic heterocycles. The summed E-state index contributed by atoms with van der Waals surface area (Å²) in [6.45, 7) is -0.0426. The molecule has 1 amide bonds. The topological polar surface area (TPSA) is 85.6 Å². The number of rotatable bonds is 4. The van der Waals surface area contributed by atoms with Crippen molar-refractivity contribution in [1.29, 1.82) is 0 Å². The molecule has 1 unspecified atom stereocenters. The van der Waals surface area contributed by atoms with Gasteiger partial charge in [-0.3, -0.25) is 9.59 Å². The maximum absolute atomic E-state index is 11.5. The van der Waals surface area contributed by atoms with E-state index in [9.17, 15) is 14.4 Å². The van der Waals surface area contributed by atoms with Crippen LogP contribution < -0.4 is 5.32 Å². The van der Waals surface area contributed by atoms with Gasteiger partial charge in [-0.1, -0.05) is 0 Å². The Morgan fingerprint density at radius 1 is 1.59 bits per heavy atom. The first kappa shape index (κ1) is 11.4. The highest BCUT2D eigenvalue weighted by molar-refractivity contribution is 5.88. The average molecular weight is 237 g/mol. The van der Waals surface area contributed by atoms with Crippen molar-refractivity contribution in [3.8, 4) is 0 Å². The summed E-state index contributed by atoms with van der Waals surface area (Å²) in [6, 6.07) is 2.49. The average Bonchev–Trinajstić information content (AvgIpc) is 2.94. The molecule has 1 saturated heterocycles. The van der Waals surface area contributed by atoms with Crippen LogP contribution in [-0.2, 0) is 20.9 Å². The van der Waals surface area contributed by atoms with Gasteiger partial charge >= 0.3 is 5.97 Å². The van der Waals surface area contributed by atoms with E-state index in [2.05, 4.69) is 5.32 Å². The second kappa shape index (κ2) is 4.82. The highest BCUT2D eigenvalue weighted by atomic mass is 16.5. The molecule has 1 atom stereocenters. The summed E-state index contributed by atoms with van der Waals surface area (Å²) >= 11 is 0. The molecule has 0 spiro atoms. The number of hydrogen-bond acceptors (Lipinski definition) is 5. The molecule has 2 heterocycles. The van der Waals surface area contributed by atoms with Gasteiger partial charge in [0.25, 0.3) is 0 Å². The molecule has 0 aliphatic carbocycles. The maximum Gasteiger partial charge on any atom is 0.329 e. The third-order valence-corrected chi connectivity index (χ3v) is 2.44. The van der Waals surface area contributed by atoms with Crippen molar-refractivity contribution < 1.29 is 23.5 Å². The van der Waals surface area contributed by atoms with Crippen molar-refractivity contribution in [2.75, 3.05) is 0 Å². The fourth-order valence-corrected chi connectivity index (χ4v) is 1.57. The first-order chi connectivity index (χ1) is 8.19. The summed E-state index contributed by atoms with van der Waals surface area (Å²) in [5.74, 6) is -0.0527. The lowest BCUT2D eigenvalue weighted by Gasteiger charge is -2.08. The Bertz CT molecular complexity index is 450. The number of carbonyl (C=O) groups is 3. The number of hydrogen-bond donors (Lipinski definition) is 1. The molecule has 1 aromatic rings. The second-order valence-electron chi connectivity index (χ2n) is 3.69. The SMILES string of the molecule is O=Cc1ccc(COC(=O)C2CCC(=O)N2)o1. The van der Waals surface area contributed by atoms with Crippen LogP contribution in [0.3, 0.4) is 0 Å².